The van der Waals surface area contributed by atoms with E-state index < -0.39 is 0 Å². The number of nitrogens with one attached hydrogen (secondary N) is 1. The second kappa shape index (κ2) is 7.56. The van der Waals surface area contributed by atoms with E-state index in [4.69, 9.17) is 0 Å². The number of nitrogens with zero attached hydrogens (tertiary/aromatic N) is 5. The van der Waals surface area contributed by atoms with Gasteiger partial charge in [-0.25, -0.2) is 0 Å². The molecule has 0 amide bonds. The maximum atomic E-state index is 4.59. The summed E-state index contributed by atoms with van der Waals surface area (Å²) < 4.78 is 2.43. The van der Waals surface area contributed by atoms with E-state index in [0.29, 0.717) is 5.92 Å². The van der Waals surface area contributed by atoms with Crippen molar-refractivity contribution in [1.82, 2.24) is 29.9 Å². The van der Waals surface area contributed by atoms with E-state index in [0.717, 1.165) is 38.3 Å². The highest BCUT2D eigenvalue weighted by atomic mass is 32.1. The Morgan fingerprint density at radius 2 is 1.96 bits per heavy atom. The monoisotopic (exact) mass is 382 g/mol. The van der Waals surface area contributed by atoms with Gasteiger partial charge in [0.05, 0.1) is 10.6 Å². The maximum absolute atomic E-state index is 4.59. The largest absolute Gasteiger partial charge is 0.315 e. The molecule has 6 nitrogen and oxygen atoms in total. The zero-order valence-electron chi connectivity index (χ0n) is 15.6. The molecule has 0 unspecified atom stereocenters. The molecule has 3 aromatic rings. The summed E-state index contributed by atoms with van der Waals surface area (Å²) in [6.07, 6.45) is 9.15. The van der Waals surface area contributed by atoms with Crippen LogP contribution in [0, 0.1) is 0 Å². The Kier molecular flexibility index (Phi) is 4.80. The first-order chi connectivity index (χ1) is 13.4. The molecule has 0 saturated carbocycles. The molecule has 1 fully saturated rings. The molecular formula is C20H26N6S. The number of hydrogen-bond acceptors (Lipinski definition) is 5. The molecule has 0 atom stereocenters. The second-order valence-corrected chi connectivity index (χ2v) is 8.89. The predicted molar refractivity (Wildman–Crippen MR) is 107 cm³/mol. The van der Waals surface area contributed by atoms with Crippen LogP contribution in [0.4, 0.5) is 0 Å². The summed E-state index contributed by atoms with van der Waals surface area (Å²) in [6.45, 7) is 4.45. The summed E-state index contributed by atoms with van der Waals surface area (Å²) in [5.41, 5.74) is 1.11. The van der Waals surface area contributed by atoms with Crippen molar-refractivity contribution in [3.8, 4) is 10.6 Å². The molecule has 1 N–H and O–H groups in total. The van der Waals surface area contributed by atoms with Crippen LogP contribution in [-0.2, 0) is 19.5 Å². The highest BCUT2D eigenvalue weighted by Crippen LogP contribution is 2.31. The third-order valence-corrected chi connectivity index (χ3v) is 7.00. The van der Waals surface area contributed by atoms with Crippen LogP contribution in [0.5, 0.6) is 0 Å². The quantitative estimate of drug-likeness (QED) is 0.745. The Morgan fingerprint density at radius 3 is 2.81 bits per heavy atom. The fraction of sp³-hybridized carbons (Fsp3) is 0.550. The molecule has 3 aromatic heterocycles. The van der Waals surface area contributed by atoms with Gasteiger partial charge in [-0.1, -0.05) is 6.42 Å². The number of fused-ring (bicyclic) bond motifs is 1. The molecule has 0 bridgehead atoms. The van der Waals surface area contributed by atoms with Crippen LogP contribution in [0.1, 0.15) is 54.5 Å². The van der Waals surface area contributed by atoms with Gasteiger partial charge in [0.15, 0.2) is 0 Å². The van der Waals surface area contributed by atoms with Crippen LogP contribution in [0.3, 0.4) is 0 Å². The molecule has 7 heteroatoms. The first-order valence-corrected chi connectivity index (χ1v) is 10.9. The summed E-state index contributed by atoms with van der Waals surface area (Å²) in [6, 6.07) is 6.49. The van der Waals surface area contributed by atoms with Crippen molar-refractivity contribution in [2.45, 2.75) is 57.5 Å². The predicted octanol–water partition coefficient (Wildman–Crippen LogP) is 3.84. The summed E-state index contributed by atoms with van der Waals surface area (Å²) in [4.78, 5) is 5.27. The molecule has 2 aliphatic heterocycles. The van der Waals surface area contributed by atoms with Crippen LogP contribution < -0.4 is 0 Å². The lowest BCUT2D eigenvalue weighted by Crippen LogP contribution is -2.33. The lowest BCUT2D eigenvalue weighted by molar-refractivity contribution is 0.201. The number of thiophene rings is 1. The van der Waals surface area contributed by atoms with Gasteiger partial charge in [0.1, 0.15) is 11.6 Å². The maximum Gasteiger partial charge on any atom is 0.136 e. The van der Waals surface area contributed by atoms with E-state index in [1.54, 1.807) is 0 Å². The number of likely N-dealkylation sites (tertiary alicyclic amines) is 1. The molecule has 27 heavy (non-hydrogen) atoms. The van der Waals surface area contributed by atoms with Crippen LogP contribution >= 0.6 is 11.3 Å². The normalized spacial score (nSPS) is 19.1. The Balaban J connectivity index is 1.20. The number of hydrogen-bond donors (Lipinski definition) is 1. The minimum Gasteiger partial charge on any atom is -0.315 e. The van der Waals surface area contributed by atoms with Gasteiger partial charge < -0.3 is 4.57 Å². The van der Waals surface area contributed by atoms with Crippen LogP contribution in [0.15, 0.2) is 24.4 Å². The lowest BCUT2D eigenvalue weighted by atomic mass is 9.95. The third kappa shape index (κ3) is 3.58. The van der Waals surface area contributed by atoms with Crippen molar-refractivity contribution in [2.75, 3.05) is 13.1 Å². The average Bonchev–Trinajstić information content (AvgIpc) is 3.42. The summed E-state index contributed by atoms with van der Waals surface area (Å²) in [5.74, 6) is 3.04. The lowest BCUT2D eigenvalue weighted by Gasteiger charge is -2.31. The molecular weight excluding hydrogens is 356 g/mol. The molecule has 2 aliphatic rings. The number of aromatic nitrogens is 5. The minimum absolute atomic E-state index is 0.574. The van der Waals surface area contributed by atoms with Gasteiger partial charge >= 0.3 is 0 Å². The van der Waals surface area contributed by atoms with Crippen LogP contribution in [0.25, 0.3) is 10.6 Å². The minimum atomic E-state index is 0.574. The van der Waals surface area contributed by atoms with Crippen molar-refractivity contribution in [1.29, 1.82) is 0 Å². The topological polar surface area (TPSA) is 62.6 Å². The number of aryl methyl sites for hydroxylation is 1. The second-order valence-electron chi connectivity index (χ2n) is 7.72. The number of piperidine rings is 1. The van der Waals surface area contributed by atoms with Gasteiger partial charge in [-0.15, -0.1) is 21.5 Å². The van der Waals surface area contributed by atoms with E-state index in [2.05, 4.69) is 42.0 Å². The van der Waals surface area contributed by atoms with Crippen molar-refractivity contribution in [3.63, 3.8) is 0 Å². The van der Waals surface area contributed by atoms with Crippen molar-refractivity contribution < 1.29 is 0 Å². The first-order valence-electron chi connectivity index (χ1n) is 10.1. The fourth-order valence-corrected chi connectivity index (χ4v) is 5.41. The molecule has 0 aromatic carbocycles. The van der Waals surface area contributed by atoms with Crippen LogP contribution in [-0.4, -0.2) is 43.0 Å². The SMILES string of the molecule is c1cc(-c2ccc(CN3CCC(c4nnc5n4CCCCC5)CC3)s2)[nH]n1. The van der Waals surface area contributed by atoms with E-state index in [1.807, 2.05) is 23.6 Å². The van der Waals surface area contributed by atoms with Gasteiger partial charge in [0, 0.05) is 36.5 Å². The Labute approximate surface area is 163 Å². The number of rotatable bonds is 4. The smallest absolute Gasteiger partial charge is 0.136 e. The van der Waals surface area contributed by atoms with Crippen LogP contribution in [0.2, 0.25) is 0 Å². The summed E-state index contributed by atoms with van der Waals surface area (Å²) in [5, 5.41) is 16.2. The first kappa shape index (κ1) is 17.1. The van der Waals surface area contributed by atoms with Gasteiger partial charge in [-0.3, -0.25) is 10.00 Å². The Morgan fingerprint density at radius 1 is 1.04 bits per heavy atom. The number of H-pyrrole nitrogens is 1. The molecule has 5 rings (SSSR count). The summed E-state index contributed by atoms with van der Waals surface area (Å²) >= 11 is 1.86. The molecule has 142 valence electrons. The van der Waals surface area contributed by atoms with Crippen molar-refractivity contribution in [3.05, 3.63) is 40.9 Å². The van der Waals surface area contributed by atoms with Gasteiger partial charge in [-0.05, 0) is 57.0 Å². The highest BCUT2D eigenvalue weighted by molar-refractivity contribution is 7.15. The molecule has 1 saturated heterocycles. The molecule has 0 aliphatic carbocycles. The van der Waals surface area contributed by atoms with E-state index in [1.165, 1.54) is 53.5 Å². The van der Waals surface area contributed by atoms with Gasteiger partial charge in [0.2, 0.25) is 0 Å². The standard InChI is InChI=1S/C20H26N6S/c1-2-4-19-23-24-20(26(19)11-3-1)15-8-12-25(13-9-15)14-16-5-6-18(27-16)17-7-10-21-22-17/h5-7,10,15H,1-4,8-9,11-14H2,(H,21,22). The van der Waals surface area contributed by atoms with Crippen molar-refractivity contribution >= 4 is 11.3 Å². The van der Waals surface area contributed by atoms with E-state index in [-0.39, 0.29) is 0 Å². The molecule has 0 radical (unpaired) electrons. The van der Waals surface area contributed by atoms with E-state index >= 15 is 0 Å². The highest BCUT2D eigenvalue weighted by Gasteiger charge is 2.26. The molecule has 0 spiro atoms. The average molecular weight is 383 g/mol. The molecule has 5 heterocycles. The zero-order valence-corrected chi connectivity index (χ0v) is 16.4. The van der Waals surface area contributed by atoms with Crippen molar-refractivity contribution in [2.24, 2.45) is 0 Å². The Bertz CT molecular complexity index is 872. The zero-order chi connectivity index (χ0) is 18.1. The third-order valence-electron chi connectivity index (χ3n) is 5.90. The Hall–Kier alpha value is -1.99. The fourth-order valence-electron chi connectivity index (χ4n) is 4.38. The van der Waals surface area contributed by atoms with Gasteiger partial charge in [0.25, 0.3) is 0 Å². The summed E-state index contributed by atoms with van der Waals surface area (Å²) in [7, 11) is 0. The van der Waals surface area contributed by atoms with Gasteiger partial charge in [-0.2, -0.15) is 5.10 Å². The number of aromatic amines is 1. The van der Waals surface area contributed by atoms with E-state index in [9.17, 15) is 0 Å².